The maximum Gasteiger partial charge on any atom is 2.00 e. The molecule has 18 nitrogen and oxygen atoms in total. The number of benzene rings is 3. The normalized spacial score (nSPS) is 12.4. The van der Waals surface area contributed by atoms with E-state index < -0.39 is 107 Å². The number of ether oxygens (including phenoxy) is 1. The quantitative estimate of drug-likeness (QED) is 0.108. The molecule has 0 unspecified atom stereocenters. The molecule has 0 amide bonds. The zero-order valence-electron chi connectivity index (χ0n) is 22.5. The van der Waals surface area contributed by atoms with Gasteiger partial charge in [-0.25, -0.2) is 0 Å². The first-order valence-corrected chi connectivity index (χ1v) is 16.7. The Labute approximate surface area is 280 Å². The molecule has 46 heavy (non-hydrogen) atoms. The van der Waals surface area contributed by atoms with E-state index >= 15 is 0 Å². The molecule has 0 saturated heterocycles. The van der Waals surface area contributed by atoms with E-state index in [2.05, 4.69) is 30.5 Å². The molecule has 0 aliphatic heterocycles. The predicted octanol–water partition coefficient (Wildman–Crippen LogP) is 3.16. The van der Waals surface area contributed by atoms with Crippen LogP contribution in [0, 0.1) is 0 Å². The topological polar surface area (TPSA) is 294 Å². The van der Waals surface area contributed by atoms with Gasteiger partial charge in [0.1, 0.15) is 4.90 Å². The van der Waals surface area contributed by atoms with E-state index in [1.807, 2.05) is 0 Å². The number of hydrogen-bond acceptors (Lipinski definition) is 15. The molecule has 1 aromatic heterocycles. The molecule has 4 rings (SSSR count). The fraction of sp³-hybridized carbons (Fsp3) is 0.136. The molecule has 1 heterocycles. The maximum atomic E-state index is 13.7. The minimum atomic E-state index is -5.34. The smallest absolute Gasteiger partial charge is 0.870 e. The molecule has 0 saturated carbocycles. The Hall–Kier alpha value is -3.44. The second-order valence-electron chi connectivity index (χ2n) is 9.00. The Morgan fingerprint density at radius 3 is 2.00 bits per heavy atom. The molecule has 0 spiro atoms. The number of rotatable bonds is 9. The van der Waals surface area contributed by atoms with Crippen LogP contribution >= 0.6 is 23.2 Å². The van der Waals surface area contributed by atoms with Crippen molar-refractivity contribution in [1.29, 1.82) is 0 Å². The average molecular weight is 787 g/mol. The average Bonchev–Trinajstić information content (AvgIpc) is 2.87. The molecule has 4 aromatic rings. The predicted molar refractivity (Wildman–Crippen MR) is 152 cm³/mol. The molecule has 0 bridgehead atoms. The van der Waals surface area contributed by atoms with Gasteiger partial charge in [-0.3, -0.25) is 13.7 Å². The standard InChI is InChI=1S/C22H18Cl2N6O12S3.Cu/c1-8(2)42-22-27-20(24)26-21(28-22)25-13-6-10(43(33,34)35)3-9-4-15(45(39,40)41)17(19(32)16(9)13)30-29-14-7-11(44(36,37)38)5-12(23)18(14)31;/h3-8,31-32H,1-2H3,(H,33,34,35)(H,36,37,38)(H,39,40,41)(H,25,26,27,28);/q;+2/p-2. The summed E-state index contributed by atoms with van der Waals surface area (Å²) < 4.78 is 106. The molecular formula is C22H16Cl2CuN6O12S3. The molecular weight excluding hydrogens is 771 g/mol. The second-order valence-corrected chi connectivity index (χ2v) is 14.0. The third-order valence-electron chi connectivity index (χ3n) is 5.41. The zero-order valence-corrected chi connectivity index (χ0v) is 27.4. The van der Waals surface area contributed by atoms with Crippen LogP contribution in [0.25, 0.3) is 10.8 Å². The number of nitrogens with zero attached hydrogens (tertiary/aromatic N) is 5. The monoisotopic (exact) mass is 785 g/mol. The number of nitrogens with one attached hydrogen (secondary N) is 1. The Balaban J connectivity index is 0.00000576. The molecule has 0 fully saturated rings. The van der Waals surface area contributed by atoms with Crippen molar-refractivity contribution >= 4 is 87.3 Å². The van der Waals surface area contributed by atoms with Crippen LogP contribution in [-0.2, 0) is 47.4 Å². The SMILES string of the molecule is CC(C)Oc1nc(Cl)nc(Nc2cc(S(=O)(=O)O)cc3cc(S(=O)(=O)O)c(N=Nc4cc(S(=O)(=O)O)cc(Cl)c4[O-])c([O-])c23)n1.[Cu+2]. The molecule has 3 aromatic carbocycles. The minimum Gasteiger partial charge on any atom is -0.870 e. The van der Waals surface area contributed by atoms with E-state index in [9.17, 15) is 49.1 Å². The third-order valence-corrected chi connectivity index (χ3v) is 8.39. The van der Waals surface area contributed by atoms with Crippen LogP contribution in [0.5, 0.6) is 17.5 Å². The van der Waals surface area contributed by atoms with Gasteiger partial charge in [-0.15, -0.1) is 5.11 Å². The van der Waals surface area contributed by atoms with E-state index in [4.69, 9.17) is 27.9 Å². The van der Waals surface area contributed by atoms with E-state index in [0.29, 0.717) is 24.3 Å². The number of hydrogen-bond donors (Lipinski definition) is 4. The second kappa shape index (κ2) is 13.4. The molecule has 4 N–H and O–H groups in total. The number of halogens is 2. The van der Waals surface area contributed by atoms with E-state index in [1.165, 1.54) is 0 Å². The summed E-state index contributed by atoms with van der Waals surface area (Å²) in [6, 6.07) is 2.90. The van der Waals surface area contributed by atoms with Crippen molar-refractivity contribution < 1.29 is 70.9 Å². The third kappa shape index (κ3) is 8.28. The first-order chi connectivity index (χ1) is 20.6. The first kappa shape index (κ1) is 37.0. The van der Waals surface area contributed by atoms with Gasteiger partial charge in [0.25, 0.3) is 30.4 Å². The summed E-state index contributed by atoms with van der Waals surface area (Å²) in [4.78, 5) is 8.55. The van der Waals surface area contributed by atoms with Crippen LogP contribution in [0.4, 0.5) is 23.0 Å². The van der Waals surface area contributed by atoms with Crippen molar-refractivity contribution in [3.63, 3.8) is 0 Å². The number of fused-ring (bicyclic) bond motifs is 1. The van der Waals surface area contributed by atoms with Crippen LogP contribution in [0.3, 0.4) is 0 Å². The molecule has 0 atom stereocenters. The van der Waals surface area contributed by atoms with Gasteiger partial charge in [-0.1, -0.05) is 23.1 Å². The van der Waals surface area contributed by atoms with Crippen molar-refractivity contribution in [1.82, 2.24) is 15.0 Å². The fourth-order valence-corrected chi connectivity index (χ4v) is 5.79. The summed E-state index contributed by atoms with van der Waals surface area (Å²) in [5.41, 5.74) is -2.48. The van der Waals surface area contributed by atoms with Gasteiger partial charge in [0.15, 0.2) is 0 Å². The van der Waals surface area contributed by atoms with Crippen molar-refractivity contribution in [3.05, 3.63) is 40.6 Å². The van der Waals surface area contributed by atoms with E-state index in [1.54, 1.807) is 13.8 Å². The van der Waals surface area contributed by atoms with Crippen molar-refractivity contribution in [2.24, 2.45) is 10.2 Å². The number of azo groups is 1. The van der Waals surface area contributed by atoms with Crippen LogP contribution in [0.2, 0.25) is 10.3 Å². The van der Waals surface area contributed by atoms with Gasteiger partial charge in [-0.2, -0.15) is 45.3 Å². The summed E-state index contributed by atoms with van der Waals surface area (Å²) in [5, 5.41) is 33.4. The van der Waals surface area contributed by atoms with E-state index in [0.717, 1.165) is 6.07 Å². The van der Waals surface area contributed by atoms with Crippen molar-refractivity contribution in [2.45, 2.75) is 34.6 Å². The largest absolute Gasteiger partial charge is 2.00 e. The summed E-state index contributed by atoms with van der Waals surface area (Å²) in [6.45, 7) is 3.28. The van der Waals surface area contributed by atoms with Gasteiger partial charge in [0, 0.05) is 10.7 Å². The van der Waals surface area contributed by atoms with Gasteiger partial charge in [0.05, 0.1) is 27.3 Å². The van der Waals surface area contributed by atoms with Crippen LogP contribution in [0.15, 0.2) is 55.2 Å². The number of anilines is 2. The number of aromatic nitrogens is 3. The fourth-order valence-electron chi connectivity index (χ4n) is 3.64. The Morgan fingerprint density at radius 2 is 1.43 bits per heavy atom. The Bertz CT molecular complexity index is 2240. The minimum absolute atomic E-state index is 0. The molecule has 1 radical (unpaired) electrons. The summed E-state index contributed by atoms with van der Waals surface area (Å²) in [7, 11) is -15.3. The van der Waals surface area contributed by atoms with E-state index in [-0.39, 0.29) is 23.1 Å². The molecule has 0 aliphatic rings. The van der Waals surface area contributed by atoms with Gasteiger partial charge < -0.3 is 20.3 Å². The summed E-state index contributed by atoms with van der Waals surface area (Å²) in [5.74, 6) is -2.90. The van der Waals surface area contributed by atoms with Gasteiger partial charge >= 0.3 is 23.1 Å². The van der Waals surface area contributed by atoms with Crippen LogP contribution in [-0.4, -0.2) is 60.0 Å². The Kier molecular flexibility index (Phi) is 10.7. The first-order valence-electron chi connectivity index (χ1n) is 11.7. The molecule has 0 aliphatic carbocycles. The van der Waals surface area contributed by atoms with Gasteiger partial charge in [-0.05, 0) is 66.6 Å². The molecule has 249 valence electrons. The van der Waals surface area contributed by atoms with Crippen LogP contribution in [0.1, 0.15) is 13.8 Å². The van der Waals surface area contributed by atoms with Crippen molar-refractivity contribution in [2.75, 3.05) is 5.32 Å². The molecule has 24 heteroatoms. The summed E-state index contributed by atoms with van der Waals surface area (Å²) in [6.07, 6.45) is -0.428. The maximum absolute atomic E-state index is 13.7. The summed E-state index contributed by atoms with van der Waals surface area (Å²) >= 11 is 11.6. The zero-order chi connectivity index (χ0) is 33.6. The van der Waals surface area contributed by atoms with Crippen LogP contribution < -0.4 is 20.3 Å². The van der Waals surface area contributed by atoms with Gasteiger partial charge in [0.2, 0.25) is 11.2 Å². The Morgan fingerprint density at radius 1 is 0.826 bits per heavy atom. The van der Waals surface area contributed by atoms with Crippen molar-refractivity contribution in [3.8, 4) is 17.5 Å².